The molecule has 2 unspecified atom stereocenters. The van der Waals surface area contributed by atoms with Gasteiger partial charge in [0.2, 0.25) is 12.3 Å². The number of hydrogen-bond donors (Lipinski definition) is 1. The molecular weight excluding hydrogens is 494 g/mol. The SMILES string of the molecule is CCCCCN(C(=O)C1c2ccccc2-c2cccc(-c3ccccc3-c3ccccc3)c21)N1CCC1NC=O. The van der Waals surface area contributed by atoms with Crippen LogP contribution in [0.15, 0.2) is 97.1 Å². The van der Waals surface area contributed by atoms with Gasteiger partial charge in [-0.15, -0.1) is 0 Å². The van der Waals surface area contributed by atoms with E-state index in [1.54, 1.807) is 0 Å². The van der Waals surface area contributed by atoms with Crippen LogP contribution in [-0.4, -0.2) is 41.6 Å². The predicted octanol–water partition coefficient (Wildman–Crippen LogP) is 6.84. The van der Waals surface area contributed by atoms with Crippen molar-refractivity contribution in [2.24, 2.45) is 0 Å². The molecule has 40 heavy (non-hydrogen) atoms. The molecule has 202 valence electrons. The molecule has 1 saturated heterocycles. The molecule has 5 heteroatoms. The molecule has 1 fully saturated rings. The number of rotatable bonds is 10. The second-order valence-corrected chi connectivity index (χ2v) is 10.6. The van der Waals surface area contributed by atoms with Gasteiger partial charge in [0, 0.05) is 13.1 Å². The smallest absolute Gasteiger partial charge is 0.248 e. The lowest BCUT2D eigenvalue weighted by Crippen LogP contribution is -2.64. The summed E-state index contributed by atoms with van der Waals surface area (Å²) in [5.41, 5.74) is 8.87. The summed E-state index contributed by atoms with van der Waals surface area (Å²) in [6, 6.07) is 33.7. The second-order valence-electron chi connectivity index (χ2n) is 10.6. The predicted molar refractivity (Wildman–Crippen MR) is 160 cm³/mol. The summed E-state index contributed by atoms with van der Waals surface area (Å²) in [6.07, 6.45) is 4.48. The quantitative estimate of drug-likeness (QED) is 0.181. The van der Waals surface area contributed by atoms with Crippen molar-refractivity contribution in [3.63, 3.8) is 0 Å². The minimum atomic E-state index is -0.426. The Balaban J connectivity index is 1.49. The summed E-state index contributed by atoms with van der Waals surface area (Å²) in [7, 11) is 0. The van der Waals surface area contributed by atoms with Gasteiger partial charge in [0.1, 0.15) is 6.17 Å². The van der Waals surface area contributed by atoms with E-state index in [9.17, 15) is 9.59 Å². The molecule has 1 aliphatic heterocycles. The lowest BCUT2D eigenvalue weighted by atomic mass is 9.86. The Bertz CT molecular complexity index is 1520. The molecule has 0 saturated carbocycles. The Labute approximate surface area is 236 Å². The number of nitrogens with one attached hydrogen (secondary N) is 1. The van der Waals surface area contributed by atoms with Gasteiger partial charge in [0.15, 0.2) is 0 Å². The van der Waals surface area contributed by atoms with E-state index < -0.39 is 5.92 Å². The topological polar surface area (TPSA) is 52.7 Å². The van der Waals surface area contributed by atoms with E-state index in [1.807, 2.05) is 22.2 Å². The number of hydrogen-bond acceptors (Lipinski definition) is 3. The van der Waals surface area contributed by atoms with Gasteiger partial charge in [-0.2, -0.15) is 5.01 Å². The largest absolute Gasteiger partial charge is 0.342 e. The zero-order chi connectivity index (χ0) is 27.5. The highest BCUT2D eigenvalue weighted by Crippen LogP contribution is 2.50. The summed E-state index contributed by atoms with van der Waals surface area (Å²) in [5.74, 6) is -0.352. The molecule has 2 aliphatic rings. The summed E-state index contributed by atoms with van der Waals surface area (Å²) >= 11 is 0. The minimum absolute atomic E-state index is 0.0735. The first-order chi connectivity index (χ1) is 19.7. The summed E-state index contributed by atoms with van der Waals surface area (Å²) in [6.45, 7) is 3.57. The monoisotopic (exact) mass is 529 g/mol. The van der Waals surface area contributed by atoms with Crippen molar-refractivity contribution >= 4 is 12.3 Å². The molecule has 5 nitrogen and oxygen atoms in total. The Hall–Kier alpha value is -4.22. The molecule has 0 bridgehead atoms. The van der Waals surface area contributed by atoms with Crippen molar-refractivity contribution < 1.29 is 9.59 Å². The van der Waals surface area contributed by atoms with E-state index in [0.717, 1.165) is 83.1 Å². The Morgan fingerprint density at radius 2 is 1.48 bits per heavy atom. The molecular formula is C35H35N3O2. The number of unbranched alkanes of at least 4 members (excludes halogenated alkanes) is 2. The highest BCUT2D eigenvalue weighted by molar-refractivity contribution is 6.01. The van der Waals surface area contributed by atoms with Crippen molar-refractivity contribution in [3.8, 4) is 33.4 Å². The second kappa shape index (κ2) is 11.5. The minimum Gasteiger partial charge on any atom is -0.342 e. The van der Waals surface area contributed by atoms with Gasteiger partial charge in [-0.25, -0.2) is 0 Å². The van der Waals surface area contributed by atoms with E-state index in [0.29, 0.717) is 6.54 Å². The van der Waals surface area contributed by atoms with Crippen LogP contribution in [0, 0.1) is 0 Å². The van der Waals surface area contributed by atoms with Gasteiger partial charge in [0.25, 0.3) is 0 Å². The number of benzene rings is 4. The maximum absolute atomic E-state index is 14.8. The first-order valence-corrected chi connectivity index (χ1v) is 14.4. The molecule has 0 spiro atoms. The highest BCUT2D eigenvalue weighted by atomic mass is 16.2. The Morgan fingerprint density at radius 3 is 2.17 bits per heavy atom. The van der Waals surface area contributed by atoms with Crippen LogP contribution in [0.25, 0.3) is 33.4 Å². The van der Waals surface area contributed by atoms with Crippen molar-refractivity contribution in [1.29, 1.82) is 0 Å². The zero-order valence-electron chi connectivity index (χ0n) is 22.9. The molecule has 6 rings (SSSR count). The first-order valence-electron chi connectivity index (χ1n) is 14.4. The summed E-state index contributed by atoms with van der Waals surface area (Å²) in [4.78, 5) is 26.1. The average Bonchev–Trinajstić information content (AvgIpc) is 3.33. The fourth-order valence-corrected chi connectivity index (χ4v) is 6.28. The lowest BCUT2D eigenvalue weighted by molar-refractivity contribution is -0.172. The van der Waals surface area contributed by atoms with Gasteiger partial charge >= 0.3 is 0 Å². The maximum atomic E-state index is 14.8. The third-order valence-corrected chi connectivity index (χ3v) is 8.30. The first kappa shape index (κ1) is 26.0. The molecule has 4 aromatic carbocycles. The van der Waals surface area contributed by atoms with Crippen LogP contribution in [0.3, 0.4) is 0 Å². The molecule has 0 radical (unpaired) electrons. The maximum Gasteiger partial charge on any atom is 0.248 e. The molecule has 4 aromatic rings. The van der Waals surface area contributed by atoms with Crippen LogP contribution < -0.4 is 5.32 Å². The van der Waals surface area contributed by atoms with Crippen molar-refractivity contribution in [1.82, 2.24) is 15.3 Å². The number of fused-ring (bicyclic) bond motifs is 3. The third-order valence-electron chi connectivity index (χ3n) is 8.30. The zero-order valence-corrected chi connectivity index (χ0v) is 22.9. The van der Waals surface area contributed by atoms with Crippen LogP contribution in [-0.2, 0) is 9.59 Å². The van der Waals surface area contributed by atoms with Gasteiger partial charge in [-0.1, -0.05) is 117 Å². The average molecular weight is 530 g/mol. The Kier molecular flexibility index (Phi) is 7.47. The number of nitrogens with zero attached hydrogens (tertiary/aromatic N) is 2. The third kappa shape index (κ3) is 4.61. The molecule has 2 atom stereocenters. The van der Waals surface area contributed by atoms with Gasteiger partial charge in [-0.3, -0.25) is 14.6 Å². The molecule has 1 aliphatic carbocycles. The molecule has 1 heterocycles. The molecule has 0 aromatic heterocycles. The van der Waals surface area contributed by atoms with E-state index in [2.05, 4.69) is 97.2 Å². The van der Waals surface area contributed by atoms with E-state index >= 15 is 0 Å². The van der Waals surface area contributed by atoms with Crippen molar-refractivity contribution in [2.45, 2.75) is 44.7 Å². The van der Waals surface area contributed by atoms with Crippen molar-refractivity contribution in [3.05, 3.63) is 108 Å². The van der Waals surface area contributed by atoms with E-state index in [-0.39, 0.29) is 12.1 Å². The summed E-state index contributed by atoms with van der Waals surface area (Å²) in [5, 5.41) is 6.88. The van der Waals surface area contributed by atoms with Gasteiger partial charge in [0.05, 0.1) is 5.92 Å². The number of amides is 2. The summed E-state index contributed by atoms with van der Waals surface area (Å²) < 4.78 is 0. The normalized spacial score (nSPS) is 17.4. The fourth-order valence-electron chi connectivity index (χ4n) is 6.28. The van der Waals surface area contributed by atoms with Gasteiger partial charge in [-0.05, 0) is 57.3 Å². The molecule has 1 N–H and O–H groups in total. The van der Waals surface area contributed by atoms with E-state index in [1.165, 1.54) is 0 Å². The van der Waals surface area contributed by atoms with Crippen LogP contribution in [0.1, 0.15) is 49.7 Å². The van der Waals surface area contributed by atoms with Crippen LogP contribution in [0.4, 0.5) is 0 Å². The number of hydrazine groups is 1. The Morgan fingerprint density at radius 1 is 0.825 bits per heavy atom. The number of carbonyl (C=O) groups is 2. The van der Waals surface area contributed by atoms with Crippen molar-refractivity contribution in [2.75, 3.05) is 13.1 Å². The fraction of sp³-hybridized carbons (Fsp3) is 0.257. The number of carbonyl (C=O) groups excluding carboxylic acids is 2. The lowest BCUT2D eigenvalue weighted by Gasteiger charge is -2.48. The standard InChI is InChI=1S/C35H35N3O2/c1-2-3-11-22-38(37-23-21-32(37)36-24-39)35(40)34-31-18-10-9-17-28(31)30-20-12-19-29(33(30)34)27-16-8-7-15-26(27)25-13-5-4-6-14-25/h4-10,12-20,24,32,34H,2-3,11,21-23H2,1H3,(H,36,39). The highest BCUT2D eigenvalue weighted by Gasteiger charge is 2.42. The van der Waals surface area contributed by atoms with Crippen LogP contribution >= 0.6 is 0 Å². The van der Waals surface area contributed by atoms with E-state index in [4.69, 9.17) is 0 Å². The molecule has 2 amide bonds. The van der Waals surface area contributed by atoms with Crippen LogP contribution in [0.5, 0.6) is 0 Å². The van der Waals surface area contributed by atoms with Gasteiger partial charge < -0.3 is 5.32 Å². The van der Waals surface area contributed by atoms with Crippen LogP contribution in [0.2, 0.25) is 0 Å².